The highest BCUT2D eigenvalue weighted by molar-refractivity contribution is 6.34. The largest absolute Gasteiger partial charge is 0.495 e. The van der Waals surface area contributed by atoms with Crippen molar-refractivity contribution in [2.24, 2.45) is 0 Å². The fraction of sp³-hybridized carbons (Fsp3) is 0.167. The lowest BCUT2D eigenvalue weighted by Crippen LogP contribution is -2.30. The molecule has 0 spiro atoms. The van der Waals surface area contributed by atoms with Gasteiger partial charge in [0.25, 0.3) is 11.8 Å². The SMILES string of the molecule is COc1ccc(N2C(=O)C=C(C)C2=O)cc1Cl. The molecule has 2 rings (SSSR count). The van der Waals surface area contributed by atoms with E-state index >= 15 is 0 Å². The van der Waals surface area contributed by atoms with E-state index in [1.807, 2.05) is 0 Å². The minimum atomic E-state index is -0.353. The number of benzene rings is 1. The number of hydrogen-bond donors (Lipinski definition) is 0. The minimum Gasteiger partial charge on any atom is -0.495 e. The van der Waals surface area contributed by atoms with E-state index in [1.165, 1.54) is 19.3 Å². The summed E-state index contributed by atoms with van der Waals surface area (Å²) in [5, 5.41) is 0.357. The highest BCUT2D eigenvalue weighted by Gasteiger charge is 2.30. The van der Waals surface area contributed by atoms with Crippen LogP contribution in [0.4, 0.5) is 5.69 Å². The minimum absolute atomic E-state index is 0.323. The Morgan fingerprint density at radius 1 is 1.29 bits per heavy atom. The standard InChI is InChI=1S/C12H10ClNO3/c1-7-5-11(15)14(12(7)16)8-3-4-10(17-2)9(13)6-8/h3-6H,1-2H3. The molecule has 0 unspecified atom stereocenters. The molecule has 1 aromatic rings. The first-order valence-electron chi connectivity index (χ1n) is 4.95. The number of carbonyl (C=O) groups excluding carboxylic acids is 2. The molecule has 88 valence electrons. The molecular weight excluding hydrogens is 242 g/mol. The molecule has 0 saturated heterocycles. The number of methoxy groups -OCH3 is 1. The van der Waals surface area contributed by atoms with Crippen LogP contribution in [0, 0.1) is 0 Å². The zero-order valence-electron chi connectivity index (χ0n) is 9.36. The molecule has 0 aliphatic carbocycles. The summed E-state index contributed by atoms with van der Waals surface area (Å²) < 4.78 is 5.00. The van der Waals surface area contributed by atoms with Crippen LogP contribution in [0.15, 0.2) is 29.8 Å². The van der Waals surface area contributed by atoms with Gasteiger partial charge in [-0.2, -0.15) is 0 Å². The molecule has 2 amide bonds. The van der Waals surface area contributed by atoms with Crippen molar-refractivity contribution in [3.63, 3.8) is 0 Å². The fourth-order valence-electron chi connectivity index (χ4n) is 1.63. The smallest absolute Gasteiger partial charge is 0.261 e. The van der Waals surface area contributed by atoms with Gasteiger partial charge in [-0.3, -0.25) is 9.59 Å². The Labute approximate surface area is 103 Å². The van der Waals surface area contributed by atoms with E-state index < -0.39 is 0 Å². The normalized spacial score (nSPS) is 15.2. The van der Waals surface area contributed by atoms with Crippen LogP contribution < -0.4 is 9.64 Å². The first kappa shape index (κ1) is 11.7. The summed E-state index contributed by atoms with van der Waals surface area (Å²) in [5.74, 6) is -0.177. The second-order valence-corrected chi connectivity index (χ2v) is 4.03. The molecule has 4 nitrogen and oxygen atoms in total. The molecule has 1 aliphatic heterocycles. The van der Waals surface area contributed by atoms with Crippen LogP contribution in [-0.2, 0) is 9.59 Å². The number of nitrogens with zero attached hydrogens (tertiary/aromatic N) is 1. The second kappa shape index (κ2) is 4.22. The Bertz CT molecular complexity index is 537. The molecule has 17 heavy (non-hydrogen) atoms. The Morgan fingerprint density at radius 3 is 2.47 bits per heavy atom. The van der Waals surface area contributed by atoms with E-state index in [-0.39, 0.29) is 11.8 Å². The van der Waals surface area contributed by atoms with Crippen molar-refractivity contribution >= 4 is 29.1 Å². The van der Waals surface area contributed by atoms with Gasteiger partial charge < -0.3 is 4.74 Å². The fourth-order valence-corrected chi connectivity index (χ4v) is 1.88. The summed E-state index contributed by atoms with van der Waals surface area (Å²) in [6, 6.07) is 4.77. The van der Waals surface area contributed by atoms with E-state index in [0.717, 1.165) is 4.90 Å². The average molecular weight is 252 g/mol. The Morgan fingerprint density at radius 2 is 2.00 bits per heavy atom. The number of halogens is 1. The Hall–Kier alpha value is -1.81. The number of amides is 2. The summed E-state index contributed by atoms with van der Waals surface area (Å²) in [4.78, 5) is 24.4. The molecule has 0 saturated carbocycles. The van der Waals surface area contributed by atoms with Crippen molar-refractivity contribution in [2.75, 3.05) is 12.0 Å². The maximum Gasteiger partial charge on any atom is 0.261 e. The van der Waals surface area contributed by atoms with Gasteiger partial charge in [-0.05, 0) is 25.1 Å². The van der Waals surface area contributed by atoms with Gasteiger partial charge in [0.2, 0.25) is 0 Å². The molecule has 0 atom stereocenters. The third-order valence-electron chi connectivity index (χ3n) is 2.49. The predicted molar refractivity (Wildman–Crippen MR) is 64.3 cm³/mol. The molecule has 0 bridgehead atoms. The van der Waals surface area contributed by atoms with E-state index in [2.05, 4.69) is 0 Å². The lowest BCUT2D eigenvalue weighted by molar-refractivity contribution is -0.120. The molecule has 0 radical (unpaired) electrons. The van der Waals surface area contributed by atoms with Crippen molar-refractivity contribution in [3.05, 3.63) is 34.9 Å². The van der Waals surface area contributed by atoms with Gasteiger partial charge in [-0.25, -0.2) is 4.90 Å². The summed E-state index contributed by atoms with van der Waals surface area (Å²) >= 11 is 5.95. The maximum atomic E-state index is 11.7. The molecule has 1 aromatic carbocycles. The summed E-state index contributed by atoms with van der Waals surface area (Å²) in [6.45, 7) is 1.60. The van der Waals surface area contributed by atoms with Crippen LogP contribution in [0.1, 0.15) is 6.92 Å². The molecule has 0 N–H and O–H groups in total. The number of ether oxygens (including phenoxy) is 1. The number of anilines is 1. The topological polar surface area (TPSA) is 46.6 Å². The van der Waals surface area contributed by atoms with Crippen LogP contribution in [-0.4, -0.2) is 18.9 Å². The molecule has 0 fully saturated rings. The van der Waals surface area contributed by atoms with Crippen molar-refractivity contribution in [2.45, 2.75) is 6.92 Å². The highest BCUT2D eigenvalue weighted by atomic mass is 35.5. The molecule has 1 heterocycles. The van der Waals surface area contributed by atoms with Gasteiger partial charge in [0.05, 0.1) is 17.8 Å². The summed E-state index contributed by atoms with van der Waals surface area (Å²) in [6.07, 6.45) is 1.31. The average Bonchev–Trinajstić information content (AvgIpc) is 2.53. The van der Waals surface area contributed by atoms with E-state index in [0.29, 0.717) is 22.0 Å². The zero-order valence-corrected chi connectivity index (χ0v) is 10.1. The van der Waals surface area contributed by atoms with Gasteiger partial charge in [0, 0.05) is 11.6 Å². The van der Waals surface area contributed by atoms with Gasteiger partial charge in [0.1, 0.15) is 5.75 Å². The van der Waals surface area contributed by atoms with Crippen molar-refractivity contribution in [1.29, 1.82) is 0 Å². The number of hydrogen-bond acceptors (Lipinski definition) is 3. The van der Waals surface area contributed by atoms with E-state index in [4.69, 9.17) is 16.3 Å². The van der Waals surface area contributed by atoms with Crippen molar-refractivity contribution in [3.8, 4) is 5.75 Å². The van der Waals surface area contributed by atoms with Crippen LogP contribution in [0.3, 0.4) is 0 Å². The number of imide groups is 1. The van der Waals surface area contributed by atoms with Gasteiger partial charge in [0.15, 0.2) is 0 Å². The Balaban J connectivity index is 2.40. The highest BCUT2D eigenvalue weighted by Crippen LogP contribution is 2.31. The van der Waals surface area contributed by atoms with Gasteiger partial charge >= 0.3 is 0 Å². The lowest BCUT2D eigenvalue weighted by Gasteiger charge is -2.15. The Kier molecular flexibility index (Phi) is 2.90. The monoisotopic (exact) mass is 251 g/mol. The van der Waals surface area contributed by atoms with E-state index in [1.54, 1.807) is 19.1 Å². The predicted octanol–water partition coefficient (Wildman–Crippen LogP) is 2.17. The zero-order chi connectivity index (χ0) is 12.6. The number of carbonyl (C=O) groups is 2. The number of rotatable bonds is 2. The lowest BCUT2D eigenvalue weighted by atomic mass is 10.2. The van der Waals surface area contributed by atoms with Gasteiger partial charge in [-0.15, -0.1) is 0 Å². The molecular formula is C12H10ClNO3. The summed E-state index contributed by atoms with van der Waals surface area (Å²) in [5.41, 5.74) is 0.862. The van der Waals surface area contributed by atoms with Crippen LogP contribution in [0.2, 0.25) is 5.02 Å². The maximum absolute atomic E-state index is 11.7. The first-order chi connectivity index (χ1) is 8.04. The van der Waals surface area contributed by atoms with Crippen LogP contribution in [0.5, 0.6) is 5.75 Å². The quantitative estimate of drug-likeness (QED) is 0.757. The molecule has 0 aromatic heterocycles. The van der Waals surface area contributed by atoms with Crippen molar-refractivity contribution in [1.82, 2.24) is 0 Å². The van der Waals surface area contributed by atoms with Crippen LogP contribution in [0.25, 0.3) is 0 Å². The third-order valence-corrected chi connectivity index (χ3v) is 2.79. The second-order valence-electron chi connectivity index (χ2n) is 3.62. The van der Waals surface area contributed by atoms with E-state index in [9.17, 15) is 9.59 Å². The first-order valence-corrected chi connectivity index (χ1v) is 5.32. The molecule has 1 aliphatic rings. The molecule has 5 heteroatoms. The van der Waals surface area contributed by atoms with Gasteiger partial charge in [-0.1, -0.05) is 11.6 Å². The summed E-state index contributed by atoms with van der Waals surface area (Å²) in [7, 11) is 1.50. The van der Waals surface area contributed by atoms with Crippen molar-refractivity contribution < 1.29 is 14.3 Å². The van der Waals surface area contributed by atoms with Crippen LogP contribution >= 0.6 is 11.6 Å². The third kappa shape index (κ3) is 1.91.